The fraction of sp³-hybridized carbons (Fsp3) is 0.467. The number of aliphatic hydroxyl groups is 1. The van der Waals surface area contributed by atoms with E-state index < -0.39 is 20.5 Å². The van der Waals surface area contributed by atoms with Crippen LogP contribution < -0.4 is 0 Å². The Labute approximate surface area is 161 Å². The summed E-state index contributed by atoms with van der Waals surface area (Å²) in [7, 11) is -3.56. The molecule has 136 valence electrons. The van der Waals surface area contributed by atoms with Crippen LogP contribution in [0, 0.1) is 4.77 Å². The molecule has 1 aliphatic carbocycles. The van der Waals surface area contributed by atoms with Crippen LogP contribution in [-0.2, 0) is 23.0 Å². The van der Waals surface area contributed by atoms with Crippen molar-refractivity contribution in [2.24, 2.45) is 0 Å². The summed E-state index contributed by atoms with van der Waals surface area (Å²) in [5.74, 6) is 0. The average Bonchev–Trinajstić information content (AvgIpc) is 3.17. The normalized spacial score (nSPS) is 18.7. The maximum atomic E-state index is 11.7. The highest BCUT2D eigenvalue weighted by molar-refractivity contribution is 7.89. The van der Waals surface area contributed by atoms with Crippen molar-refractivity contribution in [1.29, 1.82) is 0 Å². The minimum absolute atomic E-state index is 0.0130. The number of aromatic nitrogens is 3. The number of hydrogen-bond acceptors (Lipinski definition) is 5. The van der Waals surface area contributed by atoms with Gasteiger partial charge in [-0.3, -0.25) is 0 Å². The standard InChI is InChI=1S/C15H17Cl2N3O3S2/c1-25(22,23)20-10-18-19(13(20)24)9-15(21,14(17)6-7-14)8-11-4-2-3-5-12(11)16/h2-5,10,21H,6-9H2,1H3. The maximum absolute atomic E-state index is 11.7. The van der Waals surface area contributed by atoms with Crippen molar-refractivity contribution in [3.05, 3.63) is 45.9 Å². The van der Waals surface area contributed by atoms with Crippen LogP contribution in [0.2, 0.25) is 5.02 Å². The van der Waals surface area contributed by atoms with E-state index in [0.717, 1.165) is 22.1 Å². The van der Waals surface area contributed by atoms with E-state index in [2.05, 4.69) is 5.10 Å². The Kier molecular flexibility index (Phi) is 4.79. The van der Waals surface area contributed by atoms with Gasteiger partial charge < -0.3 is 5.11 Å². The molecule has 10 heteroatoms. The van der Waals surface area contributed by atoms with Gasteiger partial charge in [-0.15, -0.1) is 11.6 Å². The lowest BCUT2D eigenvalue weighted by Crippen LogP contribution is -2.47. The highest BCUT2D eigenvalue weighted by Crippen LogP contribution is 2.53. The summed E-state index contributed by atoms with van der Waals surface area (Å²) in [6.45, 7) is -0.0247. The third-order valence-corrected chi connectivity index (χ3v) is 7.04. The molecular formula is C15H17Cl2N3O3S2. The van der Waals surface area contributed by atoms with Crippen LogP contribution in [0.3, 0.4) is 0 Å². The van der Waals surface area contributed by atoms with Gasteiger partial charge in [-0.1, -0.05) is 29.8 Å². The SMILES string of the molecule is CS(=O)(=O)n1cnn(CC(O)(Cc2ccccc2Cl)C2(Cl)CC2)c1=S. The zero-order chi connectivity index (χ0) is 18.5. The second-order valence-electron chi connectivity index (χ2n) is 6.40. The first-order valence-electron chi connectivity index (χ1n) is 7.55. The smallest absolute Gasteiger partial charge is 0.239 e. The van der Waals surface area contributed by atoms with Crippen molar-refractivity contribution in [3.63, 3.8) is 0 Å². The van der Waals surface area contributed by atoms with Gasteiger partial charge in [0.2, 0.25) is 14.8 Å². The Morgan fingerprint density at radius 2 is 2.04 bits per heavy atom. The molecule has 0 saturated heterocycles. The monoisotopic (exact) mass is 421 g/mol. The van der Waals surface area contributed by atoms with Crippen LogP contribution in [0.5, 0.6) is 0 Å². The van der Waals surface area contributed by atoms with Crippen molar-refractivity contribution in [2.75, 3.05) is 6.26 Å². The minimum Gasteiger partial charge on any atom is -0.386 e. The van der Waals surface area contributed by atoms with Gasteiger partial charge in [0.25, 0.3) is 0 Å². The van der Waals surface area contributed by atoms with Gasteiger partial charge in [0.1, 0.15) is 11.9 Å². The summed E-state index contributed by atoms with van der Waals surface area (Å²) in [4.78, 5) is -0.810. The molecule has 1 aromatic carbocycles. The van der Waals surface area contributed by atoms with Crippen molar-refractivity contribution in [2.45, 2.75) is 36.3 Å². The van der Waals surface area contributed by atoms with E-state index in [-0.39, 0.29) is 17.7 Å². The molecule has 0 aliphatic heterocycles. The molecule has 1 aliphatic rings. The Bertz CT molecular complexity index is 966. The van der Waals surface area contributed by atoms with Gasteiger partial charge in [-0.05, 0) is 36.7 Å². The highest BCUT2D eigenvalue weighted by atomic mass is 35.5. The molecule has 1 atom stereocenters. The molecule has 2 aromatic rings. The van der Waals surface area contributed by atoms with E-state index in [1.165, 1.54) is 4.68 Å². The summed E-state index contributed by atoms with van der Waals surface area (Å²) in [6.07, 6.45) is 3.67. The van der Waals surface area contributed by atoms with Crippen LogP contribution in [0.25, 0.3) is 0 Å². The molecule has 0 radical (unpaired) electrons. The second kappa shape index (κ2) is 6.35. The number of halogens is 2. The number of benzene rings is 1. The summed E-state index contributed by atoms with van der Waals surface area (Å²) in [6, 6.07) is 7.21. The van der Waals surface area contributed by atoms with Crippen LogP contribution in [0.15, 0.2) is 30.6 Å². The molecule has 25 heavy (non-hydrogen) atoms. The first-order valence-corrected chi connectivity index (χ1v) is 10.6. The van der Waals surface area contributed by atoms with Gasteiger partial charge in [-0.2, -0.15) is 9.07 Å². The zero-order valence-corrected chi connectivity index (χ0v) is 16.5. The number of nitrogens with zero attached hydrogens (tertiary/aromatic N) is 3. The molecule has 1 fully saturated rings. The molecular weight excluding hydrogens is 405 g/mol. The zero-order valence-electron chi connectivity index (χ0n) is 13.4. The number of alkyl halides is 1. The first kappa shape index (κ1) is 18.8. The van der Waals surface area contributed by atoms with Crippen LogP contribution in [0.1, 0.15) is 18.4 Å². The van der Waals surface area contributed by atoms with Crippen molar-refractivity contribution in [1.82, 2.24) is 13.8 Å². The lowest BCUT2D eigenvalue weighted by molar-refractivity contribution is 0.00724. The van der Waals surface area contributed by atoms with Gasteiger partial charge in [0.05, 0.1) is 17.7 Å². The van der Waals surface area contributed by atoms with Gasteiger partial charge in [0, 0.05) is 11.4 Å². The Hall–Kier alpha value is -0.930. The molecule has 1 aromatic heterocycles. The third kappa shape index (κ3) is 3.64. The van der Waals surface area contributed by atoms with Crippen LogP contribution in [-0.4, -0.2) is 44.0 Å². The lowest BCUT2D eigenvalue weighted by atomic mass is 9.89. The topological polar surface area (TPSA) is 77.1 Å². The summed E-state index contributed by atoms with van der Waals surface area (Å²) < 4.78 is 25.6. The predicted octanol–water partition coefficient (Wildman–Crippen LogP) is 2.62. The van der Waals surface area contributed by atoms with E-state index >= 15 is 0 Å². The molecule has 1 N–H and O–H groups in total. The third-order valence-electron chi connectivity index (χ3n) is 4.44. The lowest BCUT2D eigenvalue weighted by Gasteiger charge is -2.33. The molecule has 1 unspecified atom stereocenters. The average molecular weight is 422 g/mol. The molecule has 1 heterocycles. The second-order valence-corrected chi connectivity index (χ2v) is 9.75. The predicted molar refractivity (Wildman–Crippen MR) is 99.2 cm³/mol. The summed E-state index contributed by atoms with van der Waals surface area (Å²) in [5.41, 5.74) is -0.610. The van der Waals surface area contributed by atoms with Crippen molar-refractivity contribution in [3.8, 4) is 0 Å². The van der Waals surface area contributed by atoms with E-state index in [1.807, 2.05) is 18.2 Å². The summed E-state index contributed by atoms with van der Waals surface area (Å²) >= 11 is 18.0. The quantitative estimate of drug-likeness (QED) is 0.572. The fourth-order valence-corrected chi connectivity index (χ4v) is 4.37. The molecule has 6 nitrogen and oxygen atoms in total. The van der Waals surface area contributed by atoms with E-state index in [0.29, 0.717) is 17.9 Å². The van der Waals surface area contributed by atoms with Crippen LogP contribution >= 0.6 is 35.4 Å². The van der Waals surface area contributed by atoms with Gasteiger partial charge in [-0.25, -0.2) is 13.1 Å². The molecule has 0 bridgehead atoms. The van der Waals surface area contributed by atoms with Crippen molar-refractivity contribution >= 4 is 45.4 Å². The minimum atomic E-state index is -3.56. The summed E-state index contributed by atoms with van der Waals surface area (Å²) in [5, 5.41) is 15.9. The Balaban J connectivity index is 1.97. The van der Waals surface area contributed by atoms with E-state index in [4.69, 9.17) is 35.4 Å². The number of hydrogen-bond donors (Lipinski definition) is 1. The molecule has 0 amide bonds. The largest absolute Gasteiger partial charge is 0.386 e. The molecule has 0 spiro atoms. The molecule has 1 saturated carbocycles. The highest BCUT2D eigenvalue weighted by Gasteiger charge is 2.58. The van der Waals surface area contributed by atoms with E-state index in [9.17, 15) is 13.5 Å². The fourth-order valence-electron chi connectivity index (χ4n) is 2.79. The maximum Gasteiger partial charge on any atom is 0.239 e. The van der Waals surface area contributed by atoms with Crippen molar-refractivity contribution < 1.29 is 13.5 Å². The Morgan fingerprint density at radius 3 is 2.56 bits per heavy atom. The molecule has 3 rings (SSSR count). The van der Waals surface area contributed by atoms with Crippen LogP contribution in [0.4, 0.5) is 0 Å². The van der Waals surface area contributed by atoms with Gasteiger partial charge >= 0.3 is 0 Å². The van der Waals surface area contributed by atoms with E-state index in [1.54, 1.807) is 6.07 Å². The number of rotatable bonds is 6. The Morgan fingerprint density at radius 1 is 1.40 bits per heavy atom. The first-order chi connectivity index (χ1) is 11.6. The van der Waals surface area contributed by atoms with Gasteiger partial charge in [0.15, 0.2) is 0 Å².